The number of nitrogens with one attached hydrogen (secondary N) is 1. The van der Waals surface area contributed by atoms with E-state index in [1.807, 2.05) is 37.3 Å². The molecule has 6 heteroatoms. The minimum absolute atomic E-state index is 0.0383. The molecule has 1 atom stereocenters. The van der Waals surface area contributed by atoms with Gasteiger partial charge in [0.15, 0.2) is 0 Å². The Morgan fingerprint density at radius 3 is 2.73 bits per heavy atom. The van der Waals surface area contributed by atoms with Gasteiger partial charge in [-0.05, 0) is 31.9 Å². The number of carbonyl (C=O) groups excluding carboxylic acids is 1. The van der Waals surface area contributed by atoms with E-state index in [4.69, 9.17) is 4.42 Å². The maximum Gasteiger partial charge on any atom is 0.277 e. The highest BCUT2D eigenvalue weighted by Crippen LogP contribution is 2.26. The van der Waals surface area contributed by atoms with Gasteiger partial charge in [0.1, 0.15) is 0 Å². The molecule has 1 aliphatic rings. The second-order valence-corrected chi connectivity index (χ2v) is 6.78. The monoisotopic (exact) mass is 317 g/mol. The van der Waals surface area contributed by atoms with Gasteiger partial charge >= 0.3 is 0 Å². The number of aromatic nitrogens is 2. The van der Waals surface area contributed by atoms with Crippen molar-refractivity contribution in [2.75, 3.05) is 0 Å². The molecular formula is C16H19N3O2S. The molecule has 1 amide bonds. The van der Waals surface area contributed by atoms with Gasteiger partial charge in [-0.25, -0.2) is 0 Å². The van der Waals surface area contributed by atoms with Crippen LogP contribution in [-0.4, -0.2) is 27.4 Å². The minimum atomic E-state index is -0.246. The van der Waals surface area contributed by atoms with Crippen LogP contribution in [0.15, 0.2) is 40.0 Å². The molecule has 0 aliphatic heterocycles. The largest absolute Gasteiger partial charge is 0.411 e. The highest BCUT2D eigenvalue weighted by Gasteiger charge is 2.23. The van der Waals surface area contributed by atoms with Crippen LogP contribution in [0.3, 0.4) is 0 Å². The van der Waals surface area contributed by atoms with Gasteiger partial charge < -0.3 is 9.73 Å². The quantitative estimate of drug-likeness (QED) is 0.857. The maximum atomic E-state index is 12.2. The van der Waals surface area contributed by atoms with Crippen molar-refractivity contribution in [3.63, 3.8) is 0 Å². The lowest BCUT2D eigenvalue weighted by molar-refractivity contribution is -0.120. The van der Waals surface area contributed by atoms with Crippen molar-refractivity contribution < 1.29 is 9.21 Å². The van der Waals surface area contributed by atoms with E-state index in [0.29, 0.717) is 17.2 Å². The Labute approximate surface area is 133 Å². The van der Waals surface area contributed by atoms with E-state index in [1.165, 1.54) is 24.6 Å². The van der Waals surface area contributed by atoms with Crippen molar-refractivity contribution in [1.29, 1.82) is 0 Å². The fraction of sp³-hybridized carbons (Fsp3) is 0.438. The molecule has 5 nitrogen and oxygen atoms in total. The first kappa shape index (κ1) is 15.1. The standard InChI is InChI=1S/C16H19N3O2S/c1-11(14(20)17-13-9-5-6-10-13)22-16-19-18-15(21-16)12-7-3-2-4-8-12/h2-4,7-8,11,13H,5-6,9-10H2,1H3,(H,17,20)/t11-/m1/s1. The average Bonchev–Trinajstić information content (AvgIpc) is 3.20. The lowest BCUT2D eigenvalue weighted by Gasteiger charge is -2.14. The summed E-state index contributed by atoms with van der Waals surface area (Å²) >= 11 is 1.30. The van der Waals surface area contributed by atoms with Gasteiger partial charge in [-0.2, -0.15) is 0 Å². The molecule has 2 aromatic rings. The molecule has 22 heavy (non-hydrogen) atoms. The van der Waals surface area contributed by atoms with E-state index in [1.54, 1.807) is 0 Å². The van der Waals surface area contributed by atoms with Crippen LogP contribution in [0.25, 0.3) is 11.5 Å². The van der Waals surface area contributed by atoms with Gasteiger partial charge in [0, 0.05) is 11.6 Å². The minimum Gasteiger partial charge on any atom is -0.411 e. The summed E-state index contributed by atoms with van der Waals surface area (Å²) in [5.74, 6) is 0.517. The van der Waals surface area contributed by atoms with E-state index in [2.05, 4.69) is 15.5 Å². The smallest absolute Gasteiger partial charge is 0.277 e. The molecule has 1 fully saturated rings. The zero-order chi connectivity index (χ0) is 15.4. The number of amides is 1. The molecule has 0 spiro atoms. The molecule has 1 aromatic carbocycles. The first-order chi connectivity index (χ1) is 10.7. The molecule has 0 saturated heterocycles. The van der Waals surface area contributed by atoms with E-state index in [-0.39, 0.29) is 11.2 Å². The second kappa shape index (κ2) is 6.96. The maximum absolute atomic E-state index is 12.2. The van der Waals surface area contributed by atoms with E-state index >= 15 is 0 Å². The van der Waals surface area contributed by atoms with Crippen LogP contribution in [0.1, 0.15) is 32.6 Å². The molecule has 3 rings (SSSR count). The number of thioether (sulfide) groups is 1. The molecule has 1 aromatic heterocycles. The number of benzene rings is 1. The zero-order valence-corrected chi connectivity index (χ0v) is 13.3. The second-order valence-electron chi connectivity index (χ2n) is 5.49. The molecule has 1 saturated carbocycles. The Balaban J connectivity index is 1.58. The molecule has 1 N–H and O–H groups in total. The number of carbonyl (C=O) groups is 1. The fourth-order valence-corrected chi connectivity index (χ4v) is 3.24. The Morgan fingerprint density at radius 1 is 1.27 bits per heavy atom. The normalized spacial score (nSPS) is 16.6. The van der Waals surface area contributed by atoms with E-state index < -0.39 is 0 Å². The van der Waals surface area contributed by atoms with Crippen LogP contribution in [-0.2, 0) is 4.79 Å². The van der Waals surface area contributed by atoms with E-state index in [0.717, 1.165) is 18.4 Å². The zero-order valence-electron chi connectivity index (χ0n) is 12.5. The first-order valence-corrected chi connectivity index (χ1v) is 8.46. The van der Waals surface area contributed by atoms with E-state index in [9.17, 15) is 4.79 Å². The van der Waals surface area contributed by atoms with Crippen LogP contribution in [0.5, 0.6) is 0 Å². The van der Waals surface area contributed by atoms with Crippen molar-refractivity contribution in [3.05, 3.63) is 30.3 Å². The molecule has 1 aliphatic carbocycles. The Morgan fingerprint density at radius 2 is 2.00 bits per heavy atom. The van der Waals surface area contributed by atoms with Gasteiger partial charge in [-0.3, -0.25) is 4.79 Å². The third-order valence-electron chi connectivity index (χ3n) is 3.78. The predicted molar refractivity (Wildman–Crippen MR) is 85.5 cm³/mol. The summed E-state index contributed by atoms with van der Waals surface area (Å²) < 4.78 is 5.62. The van der Waals surface area contributed by atoms with Gasteiger partial charge in [0.2, 0.25) is 11.8 Å². The number of hydrogen-bond donors (Lipinski definition) is 1. The average molecular weight is 317 g/mol. The molecular weight excluding hydrogens is 298 g/mol. The van der Waals surface area contributed by atoms with Crippen LogP contribution in [0, 0.1) is 0 Å². The molecule has 0 unspecified atom stereocenters. The Hall–Kier alpha value is -1.82. The third-order valence-corrected chi connectivity index (χ3v) is 4.71. The summed E-state index contributed by atoms with van der Waals surface area (Å²) in [6.45, 7) is 1.86. The molecule has 116 valence electrons. The van der Waals surface area contributed by atoms with Crippen LogP contribution >= 0.6 is 11.8 Å². The highest BCUT2D eigenvalue weighted by molar-refractivity contribution is 8.00. The van der Waals surface area contributed by atoms with Crippen LogP contribution < -0.4 is 5.32 Å². The highest BCUT2D eigenvalue weighted by atomic mass is 32.2. The van der Waals surface area contributed by atoms with Gasteiger partial charge in [-0.1, -0.05) is 42.8 Å². The lowest BCUT2D eigenvalue weighted by atomic mass is 10.2. The summed E-state index contributed by atoms with van der Waals surface area (Å²) in [7, 11) is 0. The molecule has 0 radical (unpaired) electrons. The van der Waals surface area contributed by atoms with Crippen molar-refractivity contribution in [2.45, 2.75) is 49.1 Å². The van der Waals surface area contributed by atoms with Gasteiger partial charge in [-0.15, -0.1) is 10.2 Å². The SMILES string of the molecule is C[C@@H](Sc1nnc(-c2ccccc2)o1)C(=O)NC1CCCC1. The van der Waals surface area contributed by atoms with Crippen molar-refractivity contribution in [1.82, 2.24) is 15.5 Å². The Kier molecular flexibility index (Phi) is 4.77. The van der Waals surface area contributed by atoms with Crippen molar-refractivity contribution in [2.24, 2.45) is 0 Å². The summed E-state index contributed by atoms with van der Waals surface area (Å²) in [5, 5.41) is 11.3. The van der Waals surface area contributed by atoms with Gasteiger partial charge in [0.25, 0.3) is 5.22 Å². The Bertz CT molecular complexity index is 623. The van der Waals surface area contributed by atoms with Crippen molar-refractivity contribution >= 4 is 17.7 Å². The van der Waals surface area contributed by atoms with Crippen LogP contribution in [0.2, 0.25) is 0 Å². The summed E-state index contributed by atoms with van der Waals surface area (Å²) in [6, 6.07) is 9.94. The fourth-order valence-electron chi connectivity index (χ4n) is 2.55. The topological polar surface area (TPSA) is 68.0 Å². The predicted octanol–water partition coefficient (Wildman–Crippen LogP) is 3.28. The van der Waals surface area contributed by atoms with Gasteiger partial charge in [0.05, 0.1) is 5.25 Å². The summed E-state index contributed by atoms with van der Waals surface area (Å²) in [6.07, 6.45) is 4.58. The summed E-state index contributed by atoms with van der Waals surface area (Å²) in [4.78, 5) is 12.2. The third kappa shape index (κ3) is 3.68. The summed E-state index contributed by atoms with van der Waals surface area (Å²) in [5.41, 5.74) is 0.880. The number of nitrogens with zero attached hydrogens (tertiary/aromatic N) is 2. The first-order valence-electron chi connectivity index (χ1n) is 7.58. The molecule has 1 heterocycles. The lowest BCUT2D eigenvalue weighted by Crippen LogP contribution is -2.37. The molecule has 0 bridgehead atoms. The van der Waals surface area contributed by atoms with Crippen molar-refractivity contribution in [3.8, 4) is 11.5 Å². The number of hydrogen-bond acceptors (Lipinski definition) is 5. The van der Waals surface area contributed by atoms with Crippen LogP contribution in [0.4, 0.5) is 0 Å². The number of rotatable bonds is 5.